The Morgan fingerprint density at radius 2 is 2.05 bits per heavy atom. The number of Topliss-reactive ketones (excluding diaryl/α,β-unsaturated/α-hetero) is 1. The van der Waals surface area contributed by atoms with E-state index in [4.69, 9.17) is 0 Å². The molecule has 1 saturated carbocycles. The highest BCUT2D eigenvalue weighted by Crippen LogP contribution is 2.36. The molecule has 3 rings (SSSR count). The predicted octanol–water partition coefficient (Wildman–Crippen LogP) is 2.37. The summed E-state index contributed by atoms with van der Waals surface area (Å²) in [5.41, 5.74) is 0. The minimum atomic E-state index is -3.58. The molecule has 2 unspecified atom stereocenters. The Morgan fingerprint density at radius 3 is 2.71 bits per heavy atom. The molecule has 1 aromatic rings. The van der Waals surface area contributed by atoms with Crippen LogP contribution in [0, 0.1) is 5.92 Å². The Morgan fingerprint density at radius 1 is 1.24 bits per heavy atom. The molecule has 0 amide bonds. The quantitative estimate of drug-likeness (QED) is 0.816. The zero-order valence-corrected chi connectivity index (χ0v) is 13.9. The number of hydrogen-bond acceptors (Lipinski definition) is 4. The van der Waals surface area contributed by atoms with Crippen LogP contribution >= 0.6 is 15.9 Å². The van der Waals surface area contributed by atoms with Gasteiger partial charge in [0.2, 0.25) is 10.0 Å². The fourth-order valence-corrected chi connectivity index (χ4v) is 5.62. The highest BCUT2D eigenvalue weighted by molar-refractivity contribution is 9.10. The lowest BCUT2D eigenvalue weighted by atomic mass is 9.96. The van der Waals surface area contributed by atoms with Gasteiger partial charge in [0.25, 0.3) is 0 Å². The van der Waals surface area contributed by atoms with Crippen LogP contribution in [0.25, 0.3) is 0 Å². The summed E-state index contributed by atoms with van der Waals surface area (Å²) in [6.45, 7) is 0.489. The number of aromatic nitrogens is 1. The van der Waals surface area contributed by atoms with Crippen LogP contribution in [0.5, 0.6) is 0 Å². The van der Waals surface area contributed by atoms with Gasteiger partial charge in [-0.15, -0.1) is 0 Å². The first-order valence-corrected chi connectivity index (χ1v) is 9.38. The third kappa shape index (κ3) is 2.78. The van der Waals surface area contributed by atoms with Gasteiger partial charge in [0.05, 0.1) is 0 Å². The van der Waals surface area contributed by atoms with Crippen molar-refractivity contribution in [2.24, 2.45) is 5.92 Å². The topological polar surface area (TPSA) is 67.3 Å². The van der Waals surface area contributed by atoms with Gasteiger partial charge in [-0.05, 0) is 47.7 Å². The number of nitrogens with zero attached hydrogens (tertiary/aromatic N) is 2. The smallest absolute Gasteiger partial charge is 0.244 e. The van der Waals surface area contributed by atoms with E-state index in [2.05, 4.69) is 20.9 Å². The largest absolute Gasteiger partial charge is 0.299 e. The van der Waals surface area contributed by atoms with E-state index in [1.165, 1.54) is 10.5 Å². The molecule has 1 saturated heterocycles. The Kier molecular flexibility index (Phi) is 4.16. The maximum atomic E-state index is 12.8. The van der Waals surface area contributed by atoms with Crippen LogP contribution in [-0.2, 0) is 14.8 Å². The van der Waals surface area contributed by atoms with Crippen LogP contribution in [0.1, 0.15) is 32.1 Å². The van der Waals surface area contributed by atoms with Crippen LogP contribution in [0.3, 0.4) is 0 Å². The van der Waals surface area contributed by atoms with Crippen molar-refractivity contribution in [2.75, 3.05) is 6.54 Å². The van der Waals surface area contributed by atoms with Crippen molar-refractivity contribution >= 4 is 31.7 Å². The monoisotopic (exact) mass is 372 g/mol. The highest BCUT2D eigenvalue weighted by atomic mass is 79.9. The molecule has 7 heteroatoms. The molecule has 21 heavy (non-hydrogen) atoms. The maximum absolute atomic E-state index is 12.8. The summed E-state index contributed by atoms with van der Waals surface area (Å²) in [7, 11) is -3.58. The van der Waals surface area contributed by atoms with E-state index in [1.807, 2.05) is 0 Å². The van der Waals surface area contributed by atoms with Crippen LogP contribution in [0.2, 0.25) is 0 Å². The van der Waals surface area contributed by atoms with Crippen molar-refractivity contribution in [3.8, 4) is 0 Å². The molecule has 2 aliphatic rings. The average Bonchev–Trinajstić information content (AvgIpc) is 3.07. The molecule has 2 heterocycles. The van der Waals surface area contributed by atoms with Gasteiger partial charge in [-0.3, -0.25) is 9.78 Å². The van der Waals surface area contributed by atoms with Gasteiger partial charge in [-0.1, -0.05) is 0 Å². The second kappa shape index (κ2) is 5.78. The van der Waals surface area contributed by atoms with Crippen molar-refractivity contribution in [3.63, 3.8) is 0 Å². The second-order valence-corrected chi connectivity index (χ2v) is 8.44. The van der Waals surface area contributed by atoms with Gasteiger partial charge in [0.1, 0.15) is 10.7 Å². The molecule has 0 bridgehead atoms. The molecule has 2 fully saturated rings. The fourth-order valence-electron chi connectivity index (χ4n) is 3.38. The van der Waals surface area contributed by atoms with Crippen molar-refractivity contribution in [1.82, 2.24) is 9.29 Å². The van der Waals surface area contributed by atoms with Gasteiger partial charge in [-0.2, -0.15) is 4.31 Å². The Bertz CT molecular complexity index is 662. The molecule has 1 aliphatic heterocycles. The van der Waals surface area contributed by atoms with Crippen LogP contribution in [0.15, 0.2) is 27.8 Å². The van der Waals surface area contributed by atoms with E-state index >= 15 is 0 Å². The Labute approximate surface area is 132 Å². The molecule has 1 aliphatic carbocycles. The highest BCUT2D eigenvalue weighted by Gasteiger charge is 2.43. The molecule has 114 valence electrons. The Balaban J connectivity index is 1.92. The van der Waals surface area contributed by atoms with E-state index in [9.17, 15) is 13.2 Å². The SMILES string of the molecule is O=C1CCCC1C1CCCN1S(=O)(=O)c1cncc(Br)c1. The third-order valence-corrected chi connectivity index (χ3v) is 6.67. The Hall–Kier alpha value is -0.790. The van der Waals surface area contributed by atoms with E-state index in [-0.39, 0.29) is 22.6 Å². The number of carbonyl (C=O) groups is 1. The van der Waals surface area contributed by atoms with Crippen LogP contribution in [0.4, 0.5) is 0 Å². The summed E-state index contributed by atoms with van der Waals surface area (Å²) in [6.07, 6.45) is 6.80. The number of pyridine rings is 1. The molecule has 0 aromatic carbocycles. The molecular weight excluding hydrogens is 356 g/mol. The predicted molar refractivity (Wildman–Crippen MR) is 81.2 cm³/mol. The number of rotatable bonds is 3. The zero-order chi connectivity index (χ0) is 15.0. The van der Waals surface area contributed by atoms with Gasteiger partial charge >= 0.3 is 0 Å². The summed E-state index contributed by atoms with van der Waals surface area (Å²) >= 11 is 3.25. The first-order valence-electron chi connectivity index (χ1n) is 7.15. The normalized spacial score (nSPS) is 27.4. The minimum absolute atomic E-state index is 0.123. The first kappa shape index (κ1) is 15.1. The molecule has 0 radical (unpaired) electrons. The molecule has 5 nitrogen and oxygen atoms in total. The lowest BCUT2D eigenvalue weighted by Gasteiger charge is -2.27. The van der Waals surface area contributed by atoms with Crippen molar-refractivity contribution in [2.45, 2.75) is 43.0 Å². The number of hydrogen-bond donors (Lipinski definition) is 0. The summed E-state index contributed by atoms with van der Waals surface area (Å²) in [5.74, 6) is 0.0943. The molecule has 0 spiro atoms. The minimum Gasteiger partial charge on any atom is -0.299 e. The first-order chi connectivity index (χ1) is 10.00. The van der Waals surface area contributed by atoms with Gasteiger partial charge in [0, 0.05) is 41.8 Å². The number of ketones is 1. The van der Waals surface area contributed by atoms with E-state index in [0.29, 0.717) is 17.4 Å². The van der Waals surface area contributed by atoms with Gasteiger partial charge < -0.3 is 0 Å². The standard InChI is InChI=1S/C14H17BrN2O3S/c15-10-7-11(9-16-8-10)21(19,20)17-6-2-4-13(17)12-3-1-5-14(12)18/h7-9,12-13H,1-6H2. The average molecular weight is 373 g/mol. The number of sulfonamides is 1. The van der Waals surface area contributed by atoms with Gasteiger partial charge in [-0.25, -0.2) is 8.42 Å². The van der Waals surface area contributed by atoms with E-state index in [0.717, 1.165) is 25.7 Å². The number of halogens is 1. The summed E-state index contributed by atoms with van der Waals surface area (Å²) in [6, 6.07) is 1.39. The molecule has 1 aromatic heterocycles. The third-order valence-electron chi connectivity index (χ3n) is 4.35. The fraction of sp³-hybridized carbons (Fsp3) is 0.571. The van der Waals surface area contributed by atoms with E-state index in [1.54, 1.807) is 12.3 Å². The van der Waals surface area contributed by atoms with Crippen LogP contribution in [-0.4, -0.2) is 36.1 Å². The summed E-state index contributed by atoms with van der Waals surface area (Å²) in [5, 5.41) is 0. The maximum Gasteiger partial charge on any atom is 0.244 e. The molecule has 0 N–H and O–H groups in total. The summed E-state index contributed by atoms with van der Waals surface area (Å²) < 4.78 is 27.8. The molecular formula is C14H17BrN2O3S. The second-order valence-electron chi connectivity index (χ2n) is 5.63. The lowest BCUT2D eigenvalue weighted by Crippen LogP contribution is -2.41. The number of carbonyl (C=O) groups excluding carboxylic acids is 1. The van der Waals surface area contributed by atoms with E-state index < -0.39 is 10.0 Å². The van der Waals surface area contributed by atoms with Crippen LogP contribution < -0.4 is 0 Å². The van der Waals surface area contributed by atoms with Gasteiger partial charge in [0.15, 0.2) is 0 Å². The zero-order valence-electron chi connectivity index (χ0n) is 11.5. The molecule has 2 atom stereocenters. The lowest BCUT2D eigenvalue weighted by molar-refractivity contribution is -0.121. The van der Waals surface area contributed by atoms with Crippen molar-refractivity contribution < 1.29 is 13.2 Å². The van der Waals surface area contributed by atoms with Crippen molar-refractivity contribution in [3.05, 3.63) is 22.9 Å². The van der Waals surface area contributed by atoms with Crippen molar-refractivity contribution in [1.29, 1.82) is 0 Å². The summed E-state index contributed by atoms with van der Waals surface area (Å²) in [4.78, 5) is 16.1.